The Morgan fingerprint density at radius 3 is 2.69 bits per heavy atom. The Balaban J connectivity index is 1.64. The third-order valence-corrected chi connectivity index (χ3v) is 6.16. The van der Waals surface area contributed by atoms with Crippen LogP contribution in [-0.2, 0) is 9.59 Å². The molecule has 0 saturated heterocycles. The molecule has 2 amide bonds. The lowest BCUT2D eigenvalue weighted by atomic mass is 9.97. The molecule has 1 aliphatic heterocycles. The zero-order valence-corrected chi connectivity index (χ0v) is 20.0. The van der Waals surface area contributed by atoms with Crippen LogP contribution >= 0.6 is 11.3 Å². The Bertz CT molecular complexity index is 930. The number of unbranched alkanes of at least 4 members (excludes halogenated alkanes) is 1. The first-order valence-corrected chi connectivity index (χ1v) is 12.0. The van der Waals surface area contributed by atoms with Crippen molar-refractivity contribution in [1.82, 2.24) is 15.1 Å². The van der Waals surface area contributed by atoms with Crippen molar-refractivity contribution in [1.29, 1.82) is 0 Å². The highest BCUT2D eigenvalue weighted by atomic mass is 32.1. The second-order valence-electron chi connectivity index (χ2n) is 8.39. The number of rotatable bonds is 11. The lowest BCUT2D eigenvalue weighted by Gasteiger charge is -2.28. The number of carbonyl (C=O) groups is 2. The molecule has 0 radical (unpaired) electrons. The van der Waals surface area contributed by atoms with Crippen molar-refractivity contribution in [3.8, 4) is 22.1 Å². The monoisotopic (exact) mass is 460 g/mol. The number of aromatic nitrogens is 2. The van der Waals surface area contributed by atoms with Crippen LogP contribution in [0.15, 0.2) is 18.2 Å². The van der Waals surface area contributed by atoms with Crippen LogP contribution in [0.5, 0.6) is 11.5 Å². The number of carbonyl (C=O) groups excluding carboxylic acids is 2. The molecule has 3 rings (SSSR count). The van der Waals surface area contributed by atoms with Crippen molar-refractivity contribution in [3.05, 3.63) is 18.2 Å². The largest absolute Gasteiger partial charge is 0.454 e. The molecule has 2 aromatic rings. The van der Waals surface area contributed by atoms with Gasteiger partial charge in [-0.3, -0.25) is 14.9 Å². The molecule has 32 heavy (non-hydrogen) atoms. The predicted octanol–water partition coefficient (Wildman–Crippen LogP) is 4.57. The maximum atomic E-state index is 13.1. The van der Waals surface area contributed by atoms with E-state index in [1.165, 1.54) is 11.3 Å². The minimum absolute atomic E-state index is 0.0125. The number of anilines is 1. The summed E-state index contributed by atoms with van der Waals surface area (Å²) in [5.74, 6) is 1.39. The van der Waals surface area contributed by atoms with Crippen LogP contribution < -0.4 is 14.8 Å². The van der Waals surface area contributed by atoms with E-state index in [0.29, 0.717) is 28.2 Å². The summed E-state index contributed by atoms with van der Waals surface area (Å²) >= 11 is 1.28. The SMILES string of the molecule is CCCC[C@H](CC)C(=O)N(CC(=O)Nc1nnc(-c2ccc3c(c2)OCO3)s1)CC(C)C. The van der Waals surface area contributed by atoms with Gasteiger partial charge in [-0.2, -0.15) is 0 Å². The Morgan fingerprint density at radius 1 is 1.19 bits per heavy atom. The maximum Gasteiger partial charge on any atom is 0.245 e. The van der Waals surface area contributed by atoms with Gasteiger partial charge in [-0.15, -0.1) is 10.2 Å². The zero-order valence-electron chi connectivity index (χ0n) is 19.2. The van der Waals surface area contributed by atoms with E-state index in [9.17, 15) is 9.59 Å². The molecule has 8 nitrogen and oxygen atoms in total. The summed E-state index contributed by atoms with van der Waals surface area (Å²) in [6, 6.07) is 5.55. The molecule has 1 aliphatic rings. The van der Waals surface area contributed by atoms with E-state index in [4.69, 9.17) is 9.47 Å². The van der Waals surface area contributed by atoms with Crippen LogP contribution in [0, 0.1) is 11.8 Å². The van der Waals surface area contributed by atoms with Crippen LogP contribution in [0.3, 0.4) is 0 Å². The number of fused-ring (bicyclic) bond motifs is 1. The summed E-state index contributed by atoms with van der Waals surface area (Å²) < 4.78 is 10.7. The van der Waals surface area contributed by atoms with Gasteiger partial charge in [-0.05, 0) is 37.0 Å². The van der Waals surface area contributed by atoms with Gasteiger partial charge in [-0.1, -0.05) is 51.9 Å². The average Bonchev–Trinajstić information content (AvgIpc) is 3.42. The molecule has 1 aromatic carbocycles. The molecule has 0 aliphatic carbocycles. The van der Waals surface area contributed by atoms with Gasteiger partial charge >= 0.3 is 0 Å². The quantitative estimate of drug-likeness (QED) is 0.528. The van der Waals surface area contributed by atoms with Crippen LogP contribution in [0.25, 0.3) is 10.6 Å². The van der Waals surface area contributed by atoms with Gasteiger partial charge in [0.25, 0.3) is 0 Å². The van der Waals surface area contributed by atoms with Gasteiger partial charge in [0.1, 0.15) is 5.01 Å². The molecule has 1 atom stereocenters. The predicted molar refractivity (Wildman–Crippen MR) is 125 cm³/mol. The van der Waals surface area contributed by atoms with Crippen LogP contribution in [0.1, 0.15) is 53.4 Å². The molecule has 0 spiro atoms. The van der Waals surface area contributed by atoms with Gasteiger partial charge in [0, 0.05) is 18.0 Å². The highest BCUT2D eigenvalue weighted by molar-refractivity contribution is 7.18. The first kappa shape index (κ1) is 24.0. The highest BCUT2D eigenvalue weighted by Gasteiger charge is 2.25. The Morgan fingerprint density at radius 2 is 1.97 bits per heavy atom. The zero-order chi connectivity index (χ0) is 23.1. The summed E-state index contributed by atoms with van der Waals surface area (Å²) in [6.45, 7) is 9.02. The molecular formula is C23H32N4O4S. The van der Waals surface area contributed by atoms with Gasteiger partial charge in [0.05, 0.1) is 6.54 Å². The first-order valence-electron chi connectivity index (χ1n) is 11.2. The van der Waals surface area contributed by atoms with E-state index in [1.807, 2.05) is 39.0 Å². The van der Waals surface area contributed by atoms with Crippen molar-refractivity contribution < 1.29 is 19.1 Å². The van der Waals surface area contributed by atoms with Crippen molar-refractivity contribution in [3.63, 3.8) is 0 Å². The third kappa shape index (κ3) is 6.18. The summed E-state index contributed by atoms with van der Waals surface area (Å²) in [5, 5.41) is 12.1. The van der Waals surface area contributed by atoms with Crippen LogP contribution in [0.4, 0.5) is 5.13 Å². The molecule has 9 heteroatoms. The van der Waals surface area contributed by atoms with E-state index in [0.717, 1.165) is 31.2 Å². The van der Waals surface area contributed by atoms with Crippen molar-refractivity contribution in [2.24, 2.45) is 11.8 Å². The van der Waals surface area contributed by atoms with Gasteiger partial charge < -0.3 is 14.4 Å². The first-order chi connectivity index (χ1) is 15.4. The Kier molecular flexibility index (Phi) is 8.44. The van der Waals surface area contributed by atoms with E-state index >= 15 is 0 Å². The second kappa shape index (κ2) is 11.3. The lowest BCUT2D eigenvalue weighted by molar-refractivity contribution is -0.139. The fraction of sp³-hybridized carbons (Fsp3) is 0.565. The Hall–Kier alpha value is -2.68. The third-order valence-electron chi connectivity index (χ3n) is 5.27. The fourth-order valence-corrected chi connectivity index (χ4v) is 4.39. The molecular weight excluding hydrogens is 428 g/mol. The molecule has 1 N–H and O–H groups in total. The van der Waals surface area contributed by atoms with Crippen LogP contribution in [-0.4, -0.2) is 46.8 Å². The van der Waals surface area contributed by atoms with E-state index in [2.05, 4.69) is 22.4 Å². The van der Waals surface area contributed by atoms with Crippen LogP contribution in [0.2, 0.25) is 0 Å². The molecule has 0 fully saturated rings. The summed E-state index contributed by atoms with van der Waals surface area (Å²) in [6.07, 6.45) is 3.71. The molecule has 0 unspecified atom stereocenters. The molecule has 2 heterocycles. The second-order valence-corrected chi connectivity index (χ2v) is 9.37. The number of hydrogen-bond donors (Lipinski definition) is 1. The number of benzene rings is 1. The molecule has 174 valence electrons. The molecule has 1 aromatic heterocycles. The topological polar surface area (TPSA) is 93.7 Å². The van der Waals surface area contributed by atoms with E-state index in [1.54, 1.807) is 4.90 Å². The minimum Gasteiger partial charge on any atom is -0.454 e. The van der Waals surface area contributed by atoms with Crippen molar-refractivity contribution >= 4 is 28.3 Å². The van der Waals surface area contributed by atoms with E-state index < -0.39 is 0 Å². The summed E-state index contributed by atoms with van der Waals surface area (Å²) in [5.41, 5.74) is 0.838. The number of nitrogens with one attached hydrogen (secondary N) is 1. The standard InChI is InChI=1S/C23H32N4O4S/c1-5-7-8-16(6-2)22(29)27(12-15(3)4)13-20(28)24-23-26-25-21(32-23)17-9-10-18-19(11-17)31-14-30-18/h9-11,15-16H,5-8,12-14H2,1-4H3,(H,24,26,28)/t16-/m0/s1. The number of hydrogen-bond acceptors (Lipinski definition) is 7. The molecule has 0 saturated carbocycles. The summed E-state index contributed by atoms with van der Waals surface area (Å²) in [4.78, 5) is 27.5. The van der Waals surface area contributed by atoms with Crippen molar-refractivity contribution in [2.75, 3.05) is 25.2 Å². The normalized spacial score (nSPS) is 13.3. The smallest absolute Gasteiger partial charge is 0.245 e. The van der Waals surface area contributed by atoms with Crippen molar-refractivity contribution in [2.45, 2.75) is 53.4 Å². The Labute approximate surface area is 193 Å². The number of ether oxygens (including phenoxy) is 2. The molecule has 0 bridgehead atoms. The van der Waals surface area contributed by atoms with Gasteiger partial charge in [0.15, 0.2) is 11.5 Å². The maximum absolute atomic E-state index is 13.1. The minimum atomic E-state index is -0.266. The number of nitrogens with zero attached hydrogens (tertiary/aromatic N) is 3. The lowest BCUT2D eigenvalue weighted by Crippen LogP contribution is -2.43. The number of amides is 2. The average molecular weight is 461 g/mol. The summed E-state index contributed by atoms with van der Waals surface area (Å²) in [7, 11) is 0. The highest BCUT2D eigenvalue weighted by Crippen LogP contribution is 2.37. The van der Waals surface area contributed by atoms with Gasteiger partial charge in [-0.25, -0.2) is 0 Å². The van der Waals surface area contributed by atoms with Gasteiger partial charge in [0.2, 0.25) is 23.7 Å². The fourth-order valence-electron chi connectivity index (χ4n) is 3.64. The van der Waals surface area contributed by atoms with E-state index in [-0.39, 0.29) is 37.0 Å².